The van der Waals surface area contributed by atoms with Crippen LogP contribution in [0, 0.1) is 5.41 Å². The van der Waals surface area contributed by atoms with Crippen LogP contribution in [0.2, 0.25) is 0 Å². The Hall–Kier alpha value is -2.77. The molecule has 2 rings (SSSR count). The number of hydrogen-bond acceptors (Lipinski definition) is 5. The topological polar surface area (TPSA) is 104 Å². The molecule has 6 nitrogen and oxygen atoms in total. The Morgan fingerprint density at radius 1 is 1.40 bits per heavy atom. The second-order valence-electron chi connectivity index (χ2n) is 6.80. The molecule has 7 heteroatoms. The SMILES string of the molecule is C.C=C(C)/C=C\C(N)=N\C(=N)Sc1ccc2c(c1)C=C(/C(=C/NCC)CN)CN2C. The number of nitrogens with one attached hydrogen (secondary N) is 2. The predicted octanol–water partition coefficient (Wildman–Crippen LogP) is 4.12. The van der Waals surface area contributed by atoms with Crippen molar-refractivity contribution in [2.45, 2.75) is 26.2 Å². The van der Waals surface area contributed by atoms with E-state index in [2.05, 4.69) is 54.0 Å². The van der Waals surface area contributed by atoms with Crippen molar-refractivity contribution in [3.05, 3.63) is 65.4 Å². The monoisotopic (exact) mass is 426 g/mol. The summed E-state index contributed by atoms with van der Waals surface area (Å²) < 4.78 is 0. The Balaban J connectivity index is 0.00000450. The van der Waals surface area contributed by atoms with Gasteiger partial charge < -0.3 is 21.7 Å². The molecule has 0 bridgehead atoms. The van der Waals surface area contributed by atoms with E-state index in [-0.39, 0.29) is 18.4 Å². The number of aliphatic imine (C=N–C) groups is 1. The van der Waals surface area contributed by atoms with Gasteiger partial charge in [-0.05, 0) is 60.9 Å². The number of benzene rings is 1. The molecule has 1 aromatic carbocycles. The highest BCUT2D eigenvalue weighted by Gasteiger charge is 2.17. The molecule has 162 valence electrons. The third-order valence-electron chi connectivity index (χ3n) is 4.24. The minimum absolute atomic E-state index is 0. The first-order chi connectivity index (χ1) is 13.8. The summed E-state index contributed by atoms with van der Waals surface area (Å²) in [4.78, 5) is 7.26. The summed E-state index contributed by atoms with van der Waals surface area (Å²) in [6.45, 7) is 9.86. The molecule has 0 aromatic heterocycles. The van der Waals surface area contributed by atoms with Crippen molar-refractivity contribution >= 4 is 34.5 Å². The minimum Gasteiger partial charge on any atom is -0.391 e. The van der Waals surface area contributed by atoms with Crippen LogP contribution >= 0.6 is 11.8 Å². The lowest BCUT2D eigenvalue weighted by molar-refractivity contribution is 0.889. The molecule has 0 amide bonds. The van der Waals surface area contributed by atoms with Crippen molar-refractivity contribution in [2.75, 3.05) is 31.6 Å². The van der Waals surface area contributed by atoms with E-state index in [1.165, 1.54) is 17.3 Å². The lowest BCUT2D eigenvalue weighted by Crippen LogP contribution is -2.26. The van der Waals surface area contributed by atoms with E-state index in [0.717, 1.165) is 40.4 Å². The second kappa shape index (κ2) is 12.0. The normalized spacial score (nSPS) is 14.1. The molecule has 1 aromatic rings. The molecule has 0 spiro atoms. The van der Waals surface area contributed by atoms with Gasteiger partial charge in [-0.2, -0.15) is 0 Å². The zero-order valence-electron chi connectivity index (χ0n) is 17.3. The highest BCUT2D eigenvalue weighted by atomic mass is 32.2. The summed E-state index contributed by atoms with van der Waals surface area (Å²) in [7, 11) is 2.07. The fraction of sp³-hybridized carbons (Fsp3) is 0.304. The molecule has 1 aliphatic rings. The lowest BCUT2D eigenvalue weighted by atomic mass is 9.98. The van der Waals surface area contributed by atoms with Crippen LogP contribution in [0.3, 0.4) is 0 Å². The van der Waals surface area contributed by atoms with Gasteiger partial charge in [0, 0.05) is 43.5 Å². The average molecular weight is 427 g/mol. The van der Waals surface area contributed by atoms with E-state index in [4.69, 9.17) is 16.9 Å². The van der Waals surface area contributed by atoms with Crippen molar-refractivity contribution in [3.63, 3.8) is 0 Å². The minimum atomic E-state index is 0. The van der Waals surface area contributed by atoms with Gasteiger partial charge in [0.2, 0.25) is 0 Å². The molecule has 0 saturated carbocycles. The van der Waals surface area contributed by atoms with Crippen LogP contribution < -0.4 is 21.7 Å². The summed E-state index contributed by atoms with van der Waals surface area (Å²) in [5.74, 6) is 0.284. The Morgan fingerprint density at radius 2 is 2.13 bits per heavy atom. The molecule has 1 aliphatic heterocycles. The van der Waals surface area contributed by atoms with Gasteiger partial charge in [0.25, 0.3) is 0 Å². The number of amidine groups is 2. The first-order valence-corrected chi connectivity index (χ1v) is 10.3. The van der Waals surface area contributed by atoms with Crippen LogP contribution in [0.25, 0.3) is 6.08 Å². The largest absolute Gasteiger partial charge is 0.391 e. The van der Waals surface area contributed by atoms with Crippen LogP contribution in [-0.4, -0.2) is 37.7 Å². The number of allylic oxidation sites excluding steroid dienone is 2. The summed E-state index contributed by atoms with van der Waals surface area (Å²) in [6.07, 6.45) is 7.59. The molecule has 0 unspecified atom stereocenters. The van der Waals surface area contributed by atoms with Crippen molar-refractivity contribution < 1.29 is 0 Å². The number of nitrogens with two attached hydrogens (primary N) is 2. The lowest BCUT2D eigenvalue weighted by Gasteiger charge is -2.29. The highest BCUT2D eigenvalue weighted by Crippen LogP contribution is 2.33. The number of rotatable bonds is 7. The Labute approximate surface area is 185 Å². The van der Waals surface area contributed by atoms with Gasteiger partial charge in [0.05, 0.1) is 0 Å². The highest BCUT2D eigenvalue weighted by molar-refractivity contribution is 8.13. The molecular formula is C23H34N6S. The van der Waals surface area contributed by atoms with E-state index in [9.17, 15) is 0 Å². The third kappa shape index (κ3) is 7.24. The number of fused-ring (bicyclic) bond motifs is 1. The molecule has 0 saturated heterocycles. The summed E-state index contributed by atoms with van der Waals surface area (Å²) in [5.41, 5.74) is 17.2. The number of likely N-dealkylation sites (N-methyl/N-ethyl adjacent to an activating group) is 1. The molecule has 0 radical (unpaired) electrons. The van der Waals surface area contributed by atoms with E-state index < -0.39 is 0 Å². The van der Waals surface area contributed by atoms with Crippen molar-refractivity contribution in [1.29, 1.82) is 5.41 Å². The first-order valence-electron chi connectivity index (χ1n) is 9.46. The fourth-order valence-electron chi connectivity index (χ4n) is 2.85. The summed E-state index contributed by atoms with van der Waals surface area (Å²) in [6, 6.07) is 6.14. The molecular weight excluding hydrogens is 392 g/mol. The fourth-order valence-corrected chi connectivity index (χ4v) is 3.55. The van der Waals surface area contributed by atoms with Gasteiger partial charge in [-0.15, -0.1) is 0 Å². The maximum absolute atomic E-state index is 8.12. The van der Waals surface area contributed by atoms with Crippen LogP contribution in [0.15, 0.2) is 69.7 Å². The van der Waals surface area contributed by atoms with E-state index in [1.54, 1.807) is 12.2 Å². The number of nitrogens with zero attached hydrogens (tertiary/aromatic N) is 2. The van der Waals surface area contributed by atoms with E-state index >= 15 is 0 Å². The van der Waals surface area contributed by atoms with Crippen molar-refractivity contribution in [1.82, 2.24) is 5.32 Å². The molecule has 0 atom stereocenters. The zero-order valence-corrected chi connectivity index (χ0v) is 18.1. The van der Waals surface area contributed by atoms with Gasteiger partial charge in [0.15, 0.2) is 5.17 Å². The predicted molar refractivity (Wildman–Crippen MR) is 134 cm³/mol. The second-order valence-corrected chi connectivity index (χ2v) is 7.86. The van der Waals surface area contributed by atoms with Gasteiger partial charge in [-0.25, -0.2) is 4.99 Å². The summed E-state index contributed by atoms with van der Waals surface area (Å²) >= 11 is 1.27. The maximum Gasteiger partial charge on any atom is 0.186 e. The first kappa shape index (κ1) is 25.3. The smallest absolute Gasteiger partial charge is 0.186 e. The van der Waals surface area contributed by atoms with Crippen molar-refractivity contribution in [2.24, 2.45) is 16.5 Å². The maximum atomic E-state index is 8.12. The molecule has 0 fully saturated rings. The zero-order chi connectivity index (χ0) is 21.4. The Kier molecular flexibility index (Phi) is 10.1. The molecule has 30 heavy (non-hydrogen) atoms. The molecule has 6 N–H and O–H groups in total. The quantitative estimate of drug-likeness (QED) is 0.227. The van der Waals surface area contributed by atoms with Crippen LogP contribution in [0.1, 0.15) is 26.8 Å². The van der Waals surface area contributed by atoms with E-state index in [0.29, 0.717) is 6.54 Å². The van der Waals surface area contributed by atoms with Gasteiger partial charge in [0.1, 0.15) is 5.84 Å². The number of hydrogen-bond donors (Lipinski definition) is 4. The van der Waals surface area contributed by atoms with Crippen LogP contribution in [0.4, 0.5) is 5.69 Å². The Bertz CT molecular complexity index is 895. The van der Waals surface area contributed by atoms with Crippen LogP contribution in [-0.2, 0) is 0 Å². The Morgan fingerprint density at radius 3 is 2.77 bits per heavy atom. The van der Waals surface area contributed by atoms with Crippen molar-refractivity contribution in [3.8, 4) is 0 Å². The van der Waals surface area contributed by atoms with Gasteiger partial charge in [-0.1, -0.05) is 37.4 Å². The molecule has 0 aliphatic carbocycles. The molecule has 1 heterocycles. The van der Waals surface area contributed by atoms with Crippen LogP contribution in [0.5, 0.6) is 0 Å². The average Bonchev–Trinajstić information content (AvgIpc) is 2.66. The number of thioether (sulfide) groups is 1. The number of anilines is 1. The van der Waals surface area contributed by atoms with E-state index in [1.807, 2.05) is 19.2 Å². The standard InChI is InChI=1S/C22H30N6S.CH4/c1-5-26-13-18(12-23)17-10-16-11-19(7-8-20(16)28(4)14-17)29-22(25)27-21(24)9-6-15(2)3;/h6-11,13,26H,2,5,12,14,23H2,1,3-4H3,(H3,24,25,27);1H4/b9-6-,18-13+;. The van der Waals surface area contributed by atoms with Gasteiger partial charge in [-0.3, -0.25) is 5.41 Å². The van der Waals surface area contributed by atoms with Gasteiger partial charge >= 0.3 is 0 Å². The third-order valence-corrected chi connectivity index (χ3v) is 5.02. The summed E-state index contributed by atoms with van der Waals surface area (Å²) in [5, 5.41) is 11.5.